The summed E-state index contributed by atoms with van der Waals surface area (Å²) in [6.07, 6.45) is 1.70. The number of rotatable bonds is 4. The number of halogens is 1. The Hall–Kier alpha value is -2.38. The number of anilines is 1. The van der Waals surface area contributed by atoms with Crippen molar-refractivity contribution >= 4 is 45.8 Å². The van der Waals surface area contributed by atoms with Crippen molar-refractivity contribution in [2.24, 2.45) is 5.92 Å². The summed E-state index contributed by atoms with van der Waals surface area (Å²) < 4.78 is 4.81. The summed E-state index contributed by atoms with van der Waals surface area (Å²) in [5.41, 5.74) is 1.54. The van der Waals surface area contributed by atoms with Gasteiger partial charge in [-0.25, -0.2) is 4.79 Å². The normalized spacial score (nSPS) is 15.5. The van der Waals surface area contributed by atoms with Gasteiger partial charge in [0.25, 0.3) is 11.8 Å². The third-order valence-corrected chi connectivity index (χ3v) is 6.07. The molecule has 1 aromatic carbocycles. The zero-order valence-electron chi connectivity index (χ0n) is 15.6. The Morgan fingerprint density at radius 1 is 1.25 bits per heavy atom. The second-order valence-electron chi connectivity index (χ2n) is 6.66. The molecule has 0 saturated heterocycles. The maximum atomic E-state index is 12.8. The lowest BCUT2D eigenvalue weighted by Gasteiger charge is -2.18. The topological polar surface area (TPSA) is 84.5 Å². The second-order valence-corrected chi connectivity index (χ2v) is 8.18. The van der Waals surface area contributed by atoms with E-state index in [1.54, 1.807) is 31.2 Å². The van der Waals surface area contributed by atoms with Gasteiger partial charge in [0.2, 0.25) is 0 Å². The number of nitrogens with one attached hydrogen (secondary N) is 2. The Bertz CT molecular complexity index is 925. The maximum absolute atomic E-state index is 12.8. The lowest BCUT2D eigenvalue weighted by molar-refractivity contribution is 0.0925. The molecule has 0 unspecified atom stereocenters. The standard InChI is InChI=1S/C20H21ClN2O4S/c1-3-27-20(26)23-18(25)16-13-9-8-11(2)10-15(13)28-19(16)22-17(24)12-6-4-5-7-14(12)21/h4-7,11H,3,8-10H2,1-2H3,(H,22,24)(H,23,25,26)/t11-/m0/s1. The molecule has 1 heterocycles. The first kappa shape index (κ1) is 20.4. The van der Waals surface area contributed by atoms with Crippen molar-refractivity contribution < 1.29 is 19.1 Å². The van der Waals surface area contributed by atoms with Crippen molar-refractivity contribution in [2.75, 3.05) is 11.9 Å². The summed E-state index contributed by atoms with van der Waals surface area (Å²) in [5.74, 6) is -0.471. The van der Waals surface area contributed by atoms with E-state index in [9.17, 15) is 14.4 Å². The van der Waals surface area contributed by atoms with E-state index in [-0.39, 0.29) is 6.61 Å². The summed E-state index contributed by atoms with van der Waals surface area (Å²) in [4.78, 5) is 38.2. The molecule has 0 saturated carbocycles. The van der Waals surface area contributed by atoms with Gasteiger partial charge < -0.3 is 10.1 Å². The predicted octanol–water partition coefficient (Wildman–Crippen LogP) is 4.66. The largest absolute Gasteiger partial charge is 0.450 e. The van der Waals surface area contributed by atoms with E-state index in [0.717, 1.165) is 29.7 Å². The van der Waals surface area contributed by atoms with Crippen LogP contribution in [0.4, 0.5) is 9.80 Å². The van der Waals surface area contributed by atoms with Crippen LogP contribution in [0.2, 0.25) is 5.02 Å². The van der Waals surface area contributed by atoms with Gasteiger partial charge in [0, 0.05) is 4.88 Å². The Balaban J connectivity index is 1.93. The van der Waals surface area contributed by atoms with Crippen LogP contribution >= 0.6 is 22.9 Å². The number of hydrogen-bond donors (Lipinski definition) is 2. The molecular formula is C20H21ClN2O4S. The summed E-state index contributed by atoms with van der Waals surface area (Å²) >= 11 is 7.49. The molecule has 8 heteroatoms. The highest BCUT2D eigenvalue weighted by Gasteiger charge is 2.29. The van der Waals surface area contributed by atoms with Crippen LogP contribution in [0.15, 0.2) is 24.3 Å². The Morgan fingerprint density at radius 3 is 2.71 bits per heavy atom. The monoisotopic (exact) mass is 420 g/mol. The lowest BCUT2D eigenvalue weighted by atomic mass is 9.88. The van der Waals surface area contributed by atoms with Gasteiger partial charge in [0.1, 0.15) is 5.00 Å². The molecule has 1 aromatic heterocycles. The third-order valence-electron chi connectivity index (χ3n) is 4.58. The van der Waals surface area contributed by atoms with E-state index >= 15 is 0 Å². The minimum atomic E-state index is -0.806. The zero-order chi connectivity index (χ0) is 20.3. The number of imide groups is 1. The van der Waals surface area contributed by atoms with Gasteiger partial charge in [0.05, 0.1) is 22.8 Å². The molecule has 3 rings (SSSR count). The molecule has 0 aliphatic heterocycles. The number of ether oxygens (including phenoxy) is 1. The number of benzene rings is 1. The van der Waals surface area contributed by atoms with Crippen LogP contribution in [0.5, 0.6) is 0 Å². The molecule has 0 bridgehead atoms. The fourth-order valence-corrected chi connectivity index (χ4v) is 4.84. The van der Waals surface area contributed by atoms with Crippen LogP contribution in [-0.4, -0.2) is 24.5 Å². The predicted molar refractivity (Wildman–Crippen MR) is 109 cm³/mol. The van der Waals surface area contributed by atoms with Crippen molar-refractivity contribution in [2.45, 2.75) is 33.1 Å². The quantitative estimate of drug-likeness (QED) is 0.753. The van der Waals surface area contributed by atoms with E-state index in [1.165, 1.54) is 11.3 Å². The number of alkyl carbamates (subject to hydrolysis) is 1. The first-order chi connectivity index (χ1) is 13.4. The SMILES string of the molecule is CCOC(=O)NC(=O)c1c(NC(=O)c2ccccc2Cl)sc2c1CC[C@H](C)C2. The molecular weight excluding hydrogens is 400 g/mol. The van der Waals surface area contributed by atoms with Gasteiger partial charge >= 0.3 is 6.09 Å². The van der Waals surface area contributed by atoms with Crippen LogP contribution in [0.3, 0.4) is 0 Å². The average Bonchev–Trinajstić information content (AvgIpc) is 2.98. The lowest BCUT2D eigenvalue weighted by Crippen LogP contribution is -2.32. The van der Waals surface area contributed by atoms with Gasteiger partial charge in [0.15, 0.2) is 0 Å². The van der Waals surface area contributed by atoms with Gasteiger partial charge in [-0.1, -0.05) is 30.7 Å². The Labute approximate surface area is 172 Å². The molecule has 0 fully saturated rings. The summed E-state index contributed by atoms with van der Waals surface area (Å²) in [5, 5.41) is 5.80. The molecule has 0 radical (unpaired) electrons. The fourth-order valence-electron chi connectivity index (χ4n) is 3.22. The molecule has 3 amide bonds. The summed E-state index contributed by atoms with van der Waals surface area (Å²) in [7, 11) is 0. The Morgan fingerprint density at radius 2 is 2.00 bits per heavy atom. The highest BCUT2D eigenvalue weighted by molar-refractivity contribution is 7.17. The zero-order valence-corrected chi connectivity index (χ0v) is 17.2. The van der Waals surface area contributed by atoms with Crippen LogP contribution in [0.25, 0.3) is 0 Å². The van der Waals surface area contributed by atoms with Crippen molar-refractivity contribution in [1.29, 1.82) is 0 Å². The van der Waals surface area contributed by atoms with E-state index in [2.05, 4.69) is 17.6 Å². The molecule has 1 atom stereocenters. The van der Waals surface area contributed by atoms with E-state index in [4.69, 9.17) is 16.3 Å². The van der Waals surface area contributed by atoms with Gasteiger partial charge in [-0.3, -0.25) is 14.9 Å². The first-order valence-electron chi connectivity index (χ1n) is 9.09. The Kier molecular flexibility index (Phi) is 6.36. The highest BCUT2D eigenvalue weighted by atomic mass is 35.5. The van der Waals surface area contributed by atoms with Gasteiger partial charge in [-0.2, -0.15) is 0 Å². The molecule has 28 heavy (non-hydrogen) atoms. The molecule has 1 aliphatic rings. The van der Waals surface area contributed by atoms with Crippen LogP contribution in [-0.2, 0) is 17.6 Å². The van der Waals surface area contributed by atoms with Gasteiger partial charge in [-0.15, -0.1) is 11.3 Å². The highest BCUT2D eigenvalue weighted by Crippen LogP contribution is 2.40. The van der Waals surface area contributed by atoms with Crippen molar-refractivity contribution in [3.63, 3.8) is 0 Å². The maximum Gasteiger partial charge on any atom is 0.414 e. The molecule has 6 nitrogen and oxygen atoms in total. The number of hydrogen-bond acceptors (Lipinski definition) is 5. The van der Waals surface area contributed by atoms with E-state index in [0.29, 0.717) is 27.1 Å². The number of thiophene rings is 1. The number of amides is 3. The molecule has 0 spiro atoms. The van der Waals surface area contributed by atoms with Crippen LogP contribution < -0.4 is 10.6 Å². The summed E-state index contributed by atoms with van der Waals surface area (Å²) in [6.45, 7) is 3.98. The number of carbonyl (C=O) groups is 3. The second kappa shape index (κ2) is 8.75. The van der Waals surface area contributed by atoms with Crippen molar-refractivity contribution in [3.05, 3.63) is 50.9 Å². The van der Waals surface area contributed by atoms with Crippen LogP contribution in [0, 0.1) is 5.92 Å². The van der Waals surface area contributed by atoms with Crippen molar-refractivity contribution in [1.82, 2.24) is 5.32 Å². The van der Waals surface area contributed by atoms with E-state index < -0.39 is 17.9 Å². The summed E-state index contributed by atoms with van der Waals surface area (Å²) in [6, 6.07) is 6.70. The minimum absolute atomic E-state index is 0.161. The third kappa shape index (κ3) is 4.36. The van der Waals surface area contributed by atoms with Gasteiger partial charge in [-0.05, 0) is 49.8 Å². The fraction of sp³-hybridized carbons (Fsp3) is 0.350. The van der Waals surface area contributed by atoms with Crippen LogP contribution in [0.1, 0.15) is 51.4 Å². The molecule has 1 aliphatic carbocycles. The first-order valence-corrected chi connectivity index (χ1v) is 10.3. The molecule has 148 valence electrons. The smallest absolute Gasteiger partial charge is 0.414 e. The minimum Gasteiger partial charge on any atom is -0.450 e. The number of fused-ring (bicyclic) bond motifs is 1. The van der Waals surface area contributed by atoms with E-state index in [1.807, 2.05) is 0 Å². The molecule has 2 N–H and O–H groups in total. The number of carbonyl (C=O) groups excluding carboxylic acids is 3. The average molecular weight is 421 g/mol. The molecule has 2 aromatic rings. The van der Waals surface area contributed by atoms with Crippen molar-refractivity contribution in [3.8, 4) is 0 Å².